The van der Waals surface area contributed by atoms with Crippen molar-refractivity contribution in [1.82, 2.24) is 4.90 Å². The van der Waals surface area contributed by atoms with Crippen molar-refractivity contribution in [3.05, 3.63) is 54.3 Å². The van der Waals surface area contributed by atoms with Crippen molar-refractivity contribution in [2.45, 2.75) is 31.8 Å². The summed E-state index contributed by atoms with van der Waals surface area (Å²) in [6, 6.07) is 14.3. The summed E-state index contributed by atoms with van der Waals surface area (Å²) in [5, 5.41) is 9.06. The van der Waals surface area contributed by atoms with Gasteiger partial charge in [0.1, 0.15) is 11.6 Å². The van der Waals surface area contributed by atoms with E-state index >= 15 is 0 Å². The lowest BCUT2D eigenvalue weighted by molar-refractivity contribution is -0.0515. The lowest BCUT2D eigenvalue weighted by Crippen LogP contribution is -2.51. The molecule has 0 aromatic heterocycles. The largest absolute Gasteiger partial charge is 0.490 e. The summed E-state index contributed by atoms with van der Waals surface area (Å²) in [5.74, 6) is 0.588. The summed E-state index contributed by atoms with van der Waals surface area (Å²) in [7, 11) is 0. The first-order chi connectivity index (χ1) is 12.5. The third-order valence-corrected chi connectivity index (χ3v) is 5.73. The number of rotatable bonds is 3. The molecule has 1 N–H and O–H groups in total. The second-order valence-electron chi connectivity index (χ2n) is 7.45. The van der Waals surface area contributed by atoms with Gasteiger partial charge in [-0.1, -0.05) is 24.3 Å². The Bertz CT molecular complexity index is 789. The quantitative estimate of drug-likeness (QED) is 0.861. The molecule has 4 rings (SSSR count). The van der Waals surface area contributed by atoms with E-state index < -0.39 is 6.09 Å². The van der Waals surface area contributed by atoms with Gasteiger partial charge in [0.05, 0.1) is 6.10 Å². The Morgan fingerprint density at radius 1 is 1.08 bits per heavy atom. The Labute approximate surface area is 152 Å². The lowest BCUT2D eigenvalue weighted by atomic mass is 9.61. The zero-order valence-electron chi connectivity index (χ0n) is 14.5. The molecule has 0 bridgehead atoms. The van der Waals surface area contributed by atoms with Crippen LogP contribution in [0.1, 0.15) is 25.7 Å². The molecular weight excluding hydrogens is 333 g/mol. The van der Waals surface area contributed by atoms with Gasteiger partial charge in [-0.3, -0.25) is 0 Å². The van der Waals surface area contributed by atoms with Crippen LogP contribution in [0.25, 0.3) is 11.1 Å². The van der Waals surface area contributed by atoms with Crippen LogP contribution in [-0.4, -0.2) is 35.3 Å². The Hall–Kier alpha value is -2.56. The van der Waals surface area contributed by atoms with Crippen LogP contribution in [0.4, 0.5) is 9.18 Å². The third-order valence-electron chi connectivity index (χ3n) is 5.73. The van der Waals surface area contributed by atoms with Gasteiger partial charge in [-0.15, -0.1) is 0 Å². The van der Waals surface area contributed by atoms with Gasteiger partial charge in [-0.25, -0.2) is 9.18 Å². The van der Waals surface area contributed by atoms with Crippen LogP contribution in [0.3, 0.4) is 0 Å². The molecule has 1 heterocycles. The Balaban J connectivity index is 1.36. The molecule has 0 unspecified atom stereocenters. The average molecular weight is 355 g/mol. The molecule has 0 atom stereocenters. The maximum absolute atomic E-state index is 13.1. The van der Waals surface area contributed by atoms with Gasteiger partial charge < -0.3 is 14.7 Å². The maximum atomic E-state index is 13.1. The number of amides is 1. The van der Waals surface area contributed by atoms with E-state index in [1.54, 1.807) is 12.1 Å². The number of hydrogen-bond acceptors (Lipinski definition) is 2. The molecule has 2 aromatic rings. The predicted octanol–water partition coefficient (Wildman–Crippen LogP) is 4.79. The van der Waals surface area contributed by atoms with Crippen molar-refractivity contribution in [3.63, 3.8) is 0 Å². The van der Waals surface area contributed by atoms with Gasteiger partial charge in [0.15, 0.2) is 0 Å². The van der Waals surface area contributed by atoms with E-state index in [4.69, 9.17) is 9.84 Å². The Morgan fingerprint density at radius 2 is 1.77 bits per heavy atom. The Morgan fingerprint density at radius 3 is 2.42 bits per heavy atom. The van der Waals surface area contributed by atoms with Gasteiger partial charge in [0.25, 0.3) is 0 Å². The lowest BCUT2D eigenvalue weighted by Gasteiger charge is -2.51. The highest BCUT2D eigenvalue weighted by Gasteiger charge is 2.47. The smallest absolute Gasteiger partial charge is 0.407 e. The van der Waals surface area contributed by atoms with Crippen LogP contribution < -0.4 is 4.74 Å². The van der Waals surface area contributed by atoms with Gasteiger partial charge in [0.2, 0.25) is 0 Å². The normalized spacial score (nSPS) is 19.2. The first-order valence-electron chi connectivity index (χ1n) is 9.04. The van der Waals surface area contributed by atoms with Crippen molar-refractivity contribution in [1.29, 1.82) is 0 Å². The number of carbonyl (C=O) groups is 1. The monoisotopic (exact) mass is 355 g/mol. The van der Waals surface area contributed by atoms with Crippen molar-refractivity contribution in [2.24, 2.45) is 5.41 Å². The number of halogens is 1. The van der Waals surface area contributed by atoms with E-state index in [1.807, 2.05) is 24.3 Å². The Kier molecular flexibility index (Phi) is 4.31. The fourth-order valence-corrected chi connectivity index (χ4v) is 4.15. The highest BCUT2D eigenvalue weighted by atomic mass is 19.1. The fraction of sp³-hybridized carbons (Fsp3) is 0.381. The van der Waals surface area contributed by atoms with E-state index in [0.29, 0.717) is 13.1 Å². The van der Waals surface area contributed by atoms with Gasteiger partial charge >= 0.3 is 6.09 Å². The van der Waals surface area contributed by atoms with E-state index in [0.717, 1.165) is 42.6 Å². The number of piperidine rings is 1. The van der Waals surface area contributed by atoms with Crippen LogP contribution in [0.5, 0.6) is 5.75 Å². The summed E-state index contributed by atoms with van der Waals surface area (Å²) < 4.78 is 19.2. The maximum Gasteiger partial charge on any atom is 0.407 e. The number of likely N-dealkylation sites (tertiary alicyclic amines) is 1. The molecular formula is C21H22FNO3. The van der Waals surface area contributed by atoms with Crippen molar-refractivity contribution in [3.8, 4) is 16.9 Å². The standard InChI is InChI=1S/C21H22FNO3/c22-17-6-4-15(5-7-17)16-2-1-3-18(12-16)26-19-13-21(14-19)8-10-23(11-9-21)20(24)25/h1-7,12,19H,8-11,13-14H2,(H,24,25). The minimum atomic E-state index is -0.815. The average Bonchev–Trinajstić information content (AvgIpc) is 2.62. The molecule has 5 heteroatoms. The second-order valence-corrected chi connectivity index (χ2v) is 7.45. The topological polar surface area (TPSA) is 49.8 Å². The van der Waals surface area contributed by atoms with E-state index in [-0.39, 0.29) is 17.3 Å². The molecule has 1 saturated heterocycles. The molecule has 4 nitrogen and oxygen atoms in total. The number of hydrogen-bond donors (Lipinski definition) is 1. The van der Waals surface area contributed by atoms with Gasteiger partial charge in [0, 0.05) is 13.1 Å². The summed E-state index contributed by atoms with van der Waals surface area (Å²) in [5.41, 5.74) is 2.22. The molecule has 1 aliphatic carbocycles. The SMILES string of the molecule is O=C(O)N1CCC2(CC1)CC(Oc1cccc(-c3ccc(F)cc3)c1)C2. The zero-order valence-corrected chi connectivity index (χ0v) is 14.5. The molecule has 0 radical (unpaired) electrons. The van der Waals surface area contributed by atoms with Crippen LogP contribution in [0.2, 0.25) is 0 Å². The van der Waals surface area contributed by atoms with E-state index in [2.05, 4.69) is 0 Å². The molecule has 2 fully saturated rings. The van der Waals surface area contributed by atoms with Crippen LogP contribution in [0.15, 0.2) is 48.5 Å². The fourth-order valence-electron chi connectivity index (χ4n) is 4.15. The molecule has 2 aliphatic rings. The van der Waals surface area contributed by atoms with E-state index in [9.17, 15) is 9.18 Å². The summed E-state index contributed by atoms with van der Waals surface area (Å²) in [6.45, 7) is 1.25. The highest BCUT2D eigenvalue weighted by molar-refractivity contribution is 5.65. The summed E-state index contributed by atoms with van der Waals surface area (Å²) in [4.78, 5) is 12.5. The van der Waals surface area contributed by atoms with Crippen LogP contribution >= 0.6 is 0 Å². The molecule has 26 heavy (non-hydrogen) atoms. The number of carboxylic acid groups (broad SMARTS) is 1. The van der Waals surface area contributed by atoms with Crippen molar-refractivity contribution in [2.75, 3.05) is 13.1 Å². The van der Waals surface area contributed by atoms with E-state index in [1.165, 1.54) is 17.0 Å². The third kappa shape index (κ3) is 3.39. The minimum Gasteiger partial charge on any atom is -0.490 e. The highest BCUT2D eigenvalue weighted by Crippen LogP contribution is 2.50. The number of ether oxygens (including phenoxy) is 1. The van der Waals surface area contributed by atoms with Gasteiger partial charge in [-0.2, -0.15) is 0 Å². The first kappa shape index (κ1) is 16.9. The minimum absolute atomic E-state index is 0.190. The first-order valence-corrected chi connectivity index (χ1v) is 9.04. The predicted molar refractivity (Wildman–Crippen MR) is 96.8 cm³/mol. The molecule has 1 amide bonds. The summed E-state index contributed by atoms with van der Waals surface area (Å²) >= 11 is 0. The van der Waals surface area contributed by atoms with Crippen molar-refractivity contribution < 1.29 is 19.0 Å². The summed E-state index contributed by atoms with van der Waals surface area (Å²) in [6.07, 6.45) is 3.20. The zero-order chi connectivity index (χ0) is 18.1. The molecule has 1 spiro atoms. The van der Waals surface area contributed by atoms with Crippen molar-refractivity contribution >= 4 is 6.09 Å². The van der Waals surface area contributed by atoms with Gasteiger partial charge in [-0.05, 0) is 66.5 Å². The molecule has 2 aromatic carbocycles. The molecule has 1 saturated carbocycles. The number of benzene rings is 2. The molecule has 1 aliphatic heterocycles. The molecule has 136 valence electrons. The van der Waals surface area contributed by atoms with Crippen LogP contribution in [0, 0.1) is 11.2 Å². The number of nitrogens with zero attached hydrogens (tertiary/aromatic N) is 1. The second kappa shape index (κ2) is 6.63. The van der Waals surface area contributed by atoms with Crippen LogP contribution in [-0.2, 0) is 0 Å².